The Morgan fingerprint density at radius 3 is 2.54 bits per heavy atom. The number of carboxylic acid groups (broad SMARTS) is 1. The number of para-hydroxylation sites is 1. The predicted octanol–water partition coefficient (Wildman–Crippen LogP) is 4.09. The number of aromatic amines is 1. The van der Waals surface area contributed by atoms with Gasteiger partial charge in [-0.25, -0.2) is 9.78 Å². The zero-order chi connectivity index (χ0) is 19.1. The summed E-state index contributed by atoms with van der Waals surface area (Å²) in [6, 6.07) is 8.01. The highest BCUT2D eigenvalue weighted by Crippen LogP contribution is 2.36. The van der Waals surface area contributed by atoms with E-state index in [1.165, 1.54) is 24.3 Å². The van der Waals surface area contributed by atoms with Gasteiger partial charge in [-0.2, -0.15) is 13.2 Å². The lowest BCUT2D eigenvalue weighted by Gasteiger charge is -2.15. The minimum atomic E-state index is -4.51. The summed E-state index contributed by atoms with van der Waals surface area (Å²) in [5.41, 5.74) is 0.379. The smallest absolute Gasteiger partial charge is 0.418 e. The highest BCUT2D eigenvalue weighted by atomic mass is 19.4. The average molecular weight is 364 g/mol. The van der Waals surface area contributed by atoms with E-state index < -0.39 is 17.7 Å². The van der Waals surface area contributed by atoms with Crippen LogP contribution in [0.5, 0.6) is 0 Å². The lowest BCUT2D eigenvalue weighted by molar-refractivity contribution is -0.136. The number of anilines is 3. The Bertz CT molecular complexity index is 980. The number of nitrogens with one attached hydrogen (secondary N) is 2. The number of hydrogen-bond acceptors (Lipinski definition) is 4. The molecule has 0 spiro atoms. The van der Waals surface area contributed by atoms with Gasteiger partial charge in [-0.05, 0) is 24.3 Å². The van der Waals surface area contributed by atoms with E-state index in [9.17, 15) is 23.1 Å². The number of rotatable bonds is 4. The number of nitrogens with zero attached hydrogens (tertiary/aromatic N) is 2. The molecule has 0 unspecified atom stereocenters. The van der Waals surface area contributed by atoms with Gasteiger partial charge in [0, 0.05) is 14.1 Å². The average Bonchev–Trinajstić information content (AvgIpc) is 2.94. The summed E-state index contributed by atoms with van der Waals surface area (Å²) in [6.45, 7) is 0. The van der Waals surface area contributed by atoms with E-state index in [1.54, 1.807) is 25.1 Å². The van der Waals surface area contributed by atoms with Crippen molar-refractivity contribution in [3.05, 3.63) is 47.5 Å². The number of hydrogen-bond donors (Lipinski definition) is 3. The second-order valence-electron chi connectivity index (χ2n) is 5.84. The van der Waals surface area contributed by atoms with Crippen molar-refractivity contribution in [3.8, 4) is 0 Å². The van der Waals surface area contributed by atoms with Crippen molar-refractivity contribution >= 4 is 34.3 Å². The van der Waals surface area contributed by atoms with Crippen LogP contribution in [0.25, 0.3) is 11.0 Å². The van der Waals surface area contributed by atoms with Crippen LogP contribution in [-0.4, -0.2) is 35.1 Å². The number of aromatic carboxylic acids is 1. The molecular weight excluding hydrogens is 349 g/mol. The van der Waals surface area contributed by atoms with E-state index >= 15 is 0 Å². The fraction of sp³-hybridized carbons (Fsp3) is 0.176. The molecule has 0 saturated heterocycles. The summed E-state index contributed by atoms with van der Waals surface area (Å²) in [5, 5.41) is 12.0. The largest absolute Gasteiger partial charge is 0.478 e. The number of imidazole rings is 1. The molecule has 0 bridgehead atoms. The summed E-state index contributed by atoms with van der Waals surface area (Å²) in [5.74, 6) is -1.02. The number of alkyl halides is 3. The molecular formula is C17H15F3N4O2. The van der Waals surface area contributed by atoms with Gasteiger partial charge in [0.05, 0.1) is 33.5 Å². The third-order valence-corrected chi connectivity index (χ3v) is 3.80. The number of aromatic nitrogens is 2. The van der Waals surface area contributed by atoms with E-state index in [0.29, 0.717) is 16.7 Å². The summed E-state index contributed by atoms with van der Waals surface area (Å²) in [4.78, 5) is 20.1. The molecule has 1 aromatic heterocycles. The van der Waals surface area contributed by atoms with Gasteiger partial charge in [0.1, 0.15) is 0 Å². The Kier molecular flexibility index (Phi) is 4.23. The highest BCUT2D eigenvalue weighted by molar-refractivity contribution is 5.99. The Labute approximate surface area is 146 Å². The van der Waals surface area contributed by atoms with Gasteiger partial charge >= 0.3 is 12.1 Å². The second-order valence-corrected chi connectivity index (χ2v) is 5.84. The summed E-state index contributed by atoms with van der Waals surface area (Å²) in [6.07, 6.45) is -4.51. The van der Waals surface area contributed by atoms with Crippen molar-refractivity contribution in [3.63, 3.8) is 0 Å². The van der Waals surface area contributed by atoms with Crippen molar-refractivity contribution in [2.45, 2.75) is 6.18 Å². The monoisotopic (exact) mass is 364 g/mol. The van der Waals surface area contributed by atoms with Gasteiger partial charge in [0.2, 0.25) is 5.95 Å². The van der Waals surface area contributed by atoms with Gasteiger partial charge in [0.15, 0.2) is 0 Å². The molecule has 0 radical (unpaired) electrons. The molecule has 0 aliphatic carbocycles. The molecule has 0 fully saturated rings. The van der Waals surface area contributed by atoms with E-state index in [0.717, 1.165) is 6.07 Å². The van der Waals surface area contributed by atoms with Crippen LogP contribution in [-0.2, 0) is 6.18 Å². The molecule has 0 aliphatic heterocycles. The van der Waals surface area contributed by atoms with Crippen LogP contribution in [0, 0.1) is 0 Å². The first-order valence-electron chi connectivity index (χ1n) is 7.54. The van der Waals surface area contributed by atoms with Crippen LogP contribution in [0.1, 0.15) is 15.9 Å². The fourth-order valence-electron chi connectivity index (χ4n) is 2.61. The molecule has 136 valence electrons. The molecule has 0 amide bonds. The zero-order valence-corrected chi connectivity index (χ0v) is 13.8. The van der Waals surface area contributed by atoms with Gasteiger partial charge < -0.3 is 20.3 Å². The molecule has 3 aromatic rings. The van der Waals surface area contributed by atoms with Crippen molar-refractivity contribution in [1.82, 2.24) is 9.97 Å². The first-order valence-corrected chi connectivity index (χ1v) is 7.54. The van der Waals surface area contributed by atoms with Crippen LogP contribution < -0.4 is 10.2 Å². The highest BCUT2D eigenvalue weighted by Gasteiger charge is 2.33. The van der Waals surface area contributed by atoms with Crippen LogP contribution in [0.4, 0.5) is 30.5 Å². The standard InChI is InChI=1S/C17H15F3N4O2/c1-24(2)14-8-13-12(7-9(14)15(25)26)22-16(23-13)21-11-6-4-3-5-10(11)17(18,19)20/h3-8H,1-2H3,(H,25,26)(H2,21,22,23). The van der Waals surface area contributed by atoms with Crippen LogP contribution in [0.3, 0.4) is 0 Å². The number of fused-ring (bicyclic) bond motifs is 1. The lowest BCUT2D eigenvalue weighted by Crippen LogP contribution is -2.13. The number of H-pyrrole nitrogens is 1. The van der Waals surface area contributed by atoms with E-state index in [2.05, 4.69) is 15.3 Å². The number of carboxylic acids is 1. The molecule has 0 aliphatic rings. The molecule has 9 heteroatoms. The maximum absolute atomic E-state index is 13.1. The molecule has 2 aromatic carbocycles. The first kappa shape index (κ1) is 17.6. The fourth-order valence-corrected chi connectivity index (χ4v) is 2.61. The second kappa shape index (κ2) is 6.25. The molecule has 1 heterocycles. The summed E-state index contributed by atoms with van der Waals surface area (Å²) >= 11 is 0. The molecule has 26 heavy (non-hydrogen) atoms. The quantitative estimate of drug-likeness (QED) is 0.650. The van der Waals surface area contributed by atoms with Crippen molar-refractivity contribution in [1.29, 1.82) is 0 Å². The molecule has 3 N–H and O–H groups in total. The van der Waals surface area contributed by atoms with Crippen molar-refractivity contribution in [2.24, 2.45) is 0 Å². The summed E-state index contributed by atoms with van der Waals surface area (Å²) < 4.78 is 39.3. The van der Waals surface area contributed by atoms with E-state index in [4.69, 9.17) is 0 Å². The maximum Gasteiger partial charge on any atom is 0.418 e. The van der Waals surface area contributed by atoms with E-state index in [1.807, 2.05) is 0 Å². The van der Waals surface area contributed by atoms with Crippen LogP contribution in [0.15, 0.2) is 36.4 Å². The minimum Gasteiger partial charge on any atom is -0.478 e. The number of carbonyl (C=O) groups is 1. The maximum atomic E-state index is 13.1. The van der Waals surface area contributed by atoms with Gasteiger partial charge in [-0.15, -0.1) is 0 Å². The molecule has 0 saturated carbocycles. The Morgan fingerprint density at radius 2 is 1.92 bits per heavy atom. The van der Waals surface area contributed by atoms with Crippen molar-refractivity contribution < 1.29 is 23.1 Å². The normalized spacial score (nSPS) is 11.6. The SMILES string of the molecule is CN(C)c1cc2nc(Nc3ccccc3C(F)(F)F)[nH]c2cc1C(=O)O. The van der Waals surface area contributed by atoms with E-state index in [-0.39, 0.29) is 17.2 Å². The lowest BCUT2D eigenvalue weighted by atomic mass is 10.1. The Morgan fingerprint density at radius 1 is 1.23 bits per heavy atom. The first-order chi connectivity index (χ1) is 12.2. The van der Waals surface area contributed by atoms with Crippen LogP contribution in [0.2, 0.25) is 0 Å². The predicted molar refractivity (Wildman–Crippen MR) is 92.1 cm³/mol. The number of halogens is 3. The third kappa shape index (κ3) is 3.28. The molecule has 0 atom stereocenters. The number of benzene rings is 2. The zero-order valence-electron chi connectivity index (χ0n) is 13.8. The summed E-state index contributed by atoms with van der Waals surface area (Å²) in [7, 11) is 3.39. The van der Waals surface area contributed by atoms with Crippen molar-refractivity contribution in [2.75, 3.05) is 24.3 Å². The minimum absolute atomic E-state index is 0.0633. The van der Waals surface area contributed by atoms with Gasteiger partial charge in [-0.1, -0.05) is 12.1 Å². The Hall–Kier alpha value is -3.23. The molecule has 3 rings (SSSR count). The van der Waals surface area contributed by atoms with Gasteiger partial charge in [0.25, 0.3) is 0 Å². The van der Waals surface area contributed by atoms with Gasteiger partial charge in [-0.3, -0.25) is 0 Å². The van der Waals surface area contributed by atoms with Crippen LogP contribution >= 0.6 is 0 Å². The molecule has 6 nitrogen and oxygen atoms in total. The third-order valence-electron chi connectivity index (χ3n) is 3.80. The Balaban J connectivity index is 2.05. The topological polar surface area (TPSA) is 81.2 Å².